The first-order chi connectivity index (χ1) is 21.2. The molecule has 1 aliphatic carbocycles. The lowest BCUT2D eigenvalue weighted by Crippen LogP contribution is -2.28. The second-order valence-corrected chi connectivity index (χ2v) is 12.8. The average Bonchev–Trinajstić information content (AvgIpc) is 3.58. The number of amides is 1. The topological polar surface area (TPSA) is 158 Å². The van der Waals surface area contributed by atoms with Crippen LogP contribution >= 0.6 is 0 Å². The quantitative estimate of drug-likeness (QED) is 0.185. The van der Waals surface area contributed by atoms with Crippen molar-refractivity contribution in [2.75, 3.05) is 11.6 Å². The van der Waals surface area contributed by atoms with Crippen molar-refractivity contribution in [1.29, 1.82) is 0 Å². The Labute approximate surface area is 251 Å². The lowest BCUT2D eigenvalue weighted by atomic mass is 9.85. The Balaban J connectivity index is 1.23. The molecule has 0 radical (unpaired) electrons. The predicted octanol–water partition coefficient (Wildman–Crippen LogP) is 5.16. The van der Waals surface area contributed by atoms with Crippen molar-refractivity contribution in [2.24, 2.45) is 5.92 Å². The van der Waals surface area contributed by atoms with Gasteiger partial charge in [0, 0.05) is 41.2 Å². The minimum absolute atomic E-state index is 0.0163. The van der Waals surface area contributed by atoms with E-state index in [0.29, 0.717) is 39.5 Å². The van der Waals surface area contributed by atoms with Gasteiger partial charge >= 0.3 is 0 Å². The summed E-state index contributed by atoms with van der Waals surface area (Å²) in [6.45, 7) is -0.0306. The number of carbonyl (C=O) groups is 1. The number of H-pyrrole nitrogens is 2. The Bertz CT molecular complexity index is 2170. The normalized spacial score (nSPS) is 13.8. The van der Waals surface area contributed by atoms with Gasteiger partial charge in [0.2, 0.25) is 15.9 Å². The lowest BCUT2D eigenvalue weighted by molar-refractivity contribution is -0.122. The fourth-order valence-electron chi connectivity index (χ4n) is 5.37. The number of benzene rings is 1. The summed E-state index contributed by atoms with van der Waals surface area (Å²) < 4.78 is 40.2. The molecule has 1 aromatic carbocycles. The van der Waals surface area contributed by atoms with E-state index in [-0.39, 0.29) is 18.4 Å². The van der Waals surface area contributed by atoms with E-state index < -0.39 is 15.8 Å². The fraction of sp³-hybridized carbons (Fsp3) is 0.194. The molecule has 7 rings (SSSR count). The highest BCUT2D eigenvalue weighted by Gasteiger charge is 2.25. The predicted molar refractivity (Wildman–Crippen MR) is 165 cm³/mol. The summed E-state index contributed by atoms with van der Waals surface area (Å²) in [4.78, 5) is 29.2. The van der Waals surface area contributed by atoms with Gasteiger partial charge in [0.25, 0.3) is 0 Å². The van der Waals surface area contributed by atoms with Crippen LogP contribution < -0.4 is 10.0 Å². The zero-order valence-corrected chi connectivity index (χ0v) is 24.4. The van der Waals surface area contributed by atoms with Gasteiger partial charge in [-0.3, -0.25) is 19.9 Å². The molecule has 0 atom stereocenters. The molecule has 0 unspecified atom stereocenters. The monoisotopic (exact) mass is 610 g/mol. The van der Waals surface area contributed by atoms with E-state index in [4.69, 9.17) is 0 Å². The van der Waals surface area contributed by atoms with E-state index in [2.05, 4.69) is 40.2 Å². The Morgan fingerprint density at radius 1 is 1.02 bits per heavy atom. The highest BCUT2D eigenvalue weighted by Crippen LogP contribution is 2.35. The summed E-state index contributed by atoms with van der Waals surface area (Å²) in [5, 5.41) is 12.1. The van der Waals surface area contributed by atoms with Gasteiger partial charge in [-0.15, -0.1) is 0 Å². The zero-order chi connectivity index (χ0) is 30.4. The molecule has 0 aliphatic heterocycles. The maximum atomic E-state index is 14.6. The molecule has 44 heavy (non-hydrogen) atoms. The first-order valence-electron chi connectivity index (χ1n) is 14.0. The second-order valence-electron chi connectivity index (χ2n) is 11.0. The molecule has 1 amide bonds. The molecule has 1 saturated carbocycles. The number of carbonyl (C=O) groups excluding carboxylic acids is 1. The van der Waals surface area contributed by atoms with Crippen molar-refractivity contribution >= 4 is 43.6 Å². The Morgan fingerprint density at radius 3 is 2.68 bits per heavy atom. The summed E-state index contributed by atoms with van der Waals surface area (Å²) in [6.07, 6.45) is 10.6. The van der Waals surface area contributed by atoms with E-state index >= 15 is 0 Å². The van der Waals surface area contributed by atoms with E-state index in [1.807, 2.05) is 18.2 Å². The Morgan fingerprint density at radius 2 is 1.89 bits per heavy atom. The molecule has 13 heteroatoms. The molecule has 6 aromatic rings. The van der Waals surface area contributed by atoms with Crippen LogP contribution in [0.4, 0.5) is 10.1 Å². The van der Waals surface area contributed by atoms with Gasteiger partial charge in [0.1, 0.15) is 17.2 Å². The molecular weight excluding hydrogens is 583 g/mol. The van der Waals surface area contributed by atoms with Gasteiger partial charge < -0.3 is 10.3 Å². The van der Waals surface area contributed by atoms with Crippen molar-refractivity contribution in [1.82, 2.24) is 34.9 Å². The van der Waals surface area contributed by atoms with Crippen LogP contribution in [0, 0.1) is 11.7 Å². The van der Waals surface area contributed by atoms with Crippen LogP contribution in [0.5, 0.6) is 0 Å². The number of rotatable bonds is 8. The molecule has 11 nitrogen and oxygen atoms in total. The van der Waals surface area contributed by atoms with Crippen LogP contribution in [0.15, 0.2) is 67.3 Å². The zero-order valence-electron chi connectivity index (χ0n) is 23.6. The summed E-state index contributed by atoms with van der Waals surface area (Å²) in [6, 6.07) is 11.9. The van der Waals surface area contributed by atoms with E-state index in [9.17, 15) is 17.6 Å². The molecule has 222 valence electrons. The SMILES string of the molecule is CS(=O)(=O)NCc1cc(F)cc(-c2ccnc3[nH]c(-c4n[nH]c5cnc(-c6cncc(NC(=O)C7CCC7)c6)cc45)cc23)c1. The molecule has 0 saturated heterocycles. The number of fused-ring (bicyclic) bond motifs is 2. The average molecular weight is 611 g/mol. The molecular formula is C31H27FN8O3S. The summed E-state index contributed by atoms with van der Waals surface area (Å²) >= 11 is 0. The van der Waals surface area contributed by atoms with E-state index in [1.54, 1.807) is 36.9 Å². The van der Waals surface area contributed by atoms with Crippen LogP contribution in [0.25, 0.3) is 55.7 Å². The Hall–Kier alpha value is -5.01. The van der Waals surface area contributed by atoms with Crippen LogP contribution in [0.1, 0.15) is 24.8 Å². The molecule has 1 fully saturated rings. The van der Waals surface area contributed by atoms with E-state index in [0.717, 1.165) is 52.9 Å². The summed E-state index contributed by atoms with van der Waals surface area (Å²) in [7, 11) is -3.44. The van der Waals surface area contributed by atoms with Crippen molar-refractivity contribution in [3.8, 4) is 33.8 Å². The first kappa shape index (κ1) is 27.8. The van der Waals surface area contributed by atoms with Gasteiger partial charge in [-0.05, 0) is 72.0 Å². The molecule has 5 heterocycles. The van der Waals surface area contributed by atoms with Crippen LogP contribution in [-0.4, -0.2) is 50.7 Å². The summed E-state index contributed by atoms with van der Waals surface area (Å²) in [5.74, 6) is -0.400. The highest BCUT2D eigenvalue weighted by molar-refractivity contribution is 7.88. The third kappa shape index (κ3) is 5.54. The minimum Gasteiger partial charge on any atom is -0.338 e. The molecule has 0 spiro atoms. The largest absolute Gasteiger partial charge is 0.338 e. The number of nitrogens with one attached hydrogen (secondary N) is 4. The van der Waals surface area contributed by atoms with Crippen LogP contribution in [-0.2, 0) is 21.4 Å². The number of aromatic amines is 2. The smallest absolute Gasteiger partial charge is 0.227 e. The molecule has 0 bridgehead atoms. The van der Waals surface area contributed by atoms with Gasteiger partial charge in [-0.1, -0.05) is 6.42 Å². The number of anilines is 1. The van der Waals surface area contributed by atoms with Gasteiger partial charge in [0.15, 0.2) is 0 Å². The third-order valence-corrected chi connectivity index (χ3v) is 8.49. The van der Waals surface area contributed by atoms with Gasteiger partial charge in [0.05, 0.1) is 41.2 Å². The number of hydrogen-bond donors (Lipinski definition) is 4. The van der Waals surface area contributed by atoms with Crippen LogP contribution in [0.3, 0.4) is 0 Å². The fourth-order valence-corrected chi connectivity index (χ4v) is 5.80. The maximum absolute atomic E-state index is 14.6. The summed E-state index contributed by atoms with van der Waals surface area (Å²) in [5.41, 5.74) is 6.49. The van der Waals surface area contributed by atoms with Gasteiger partial charge in [-0.2, -0.15) is 5.10 Å². The van der Waals surface area contributed by atoms with E-state index in [1.165, 1.54) is 12.1 Å². The minimum atomic E-state index is -3.44. The number of sulfonamides is 1. The van der Waals surface area contributed by atoms with Gasteiger partial charge in [-0.25, -0.2) is 22.5 Å². The van der Waals surface area contributed by atoms with Crippen molar-refractivity contribution in [3.63, 3.8) is 0 Å². The molecule has 5 aromatic heterocycles. The lowest BCUT2D eigenvalue weighted by Gasteiger charge is -2.24. The number of halogens is 1. The number of aromatic nitrogens is 6. The molecule has 4 N–H and O–H groups in total. The first-order valence-corrected chi connectivity index (χ1v) is 15.9. The standard InChI is InChI=1S/C31H27FN8O3S/c1-44(42,43)36-13-17-7-19(9-21(32)8-17)23-5-6-34-30-24(23)11-27(38-30)29-25-12-26(35-16-28(25)39-40-29)20-10-22(15-33-14-20)37-31(41)18-3-2-4-18/h5-12,14-16,18,36H,2-4,13H2,1H3,(H,34,38)(H,37,41)(H,39,40). The van der Waals surface area contributed by atoms with Crippen molar-refractivity contribution in [2.45, 2.75) is 25.8 Å². The highest BCUT2D eigenvalue weighted by atomic mass is 32.2. The van der Waals surface area contributed by atoms with Crippen LogP contribution in [0.2, 0.25) is 0 Å². The second kappa shape index (κ2) is 10.9. The molecule has 1 aliphatic rings. The maximum Gasteiger partial charge on any atom is 0.227 e. The number of pyridine rings is 3. The third-order valence-electron chi connectivity index (χ3n) is 7.82. The van der Waals surface area contributed by atoms with Crippen molar-refractivity contribution < 1.29 is 17.6 Å². The number of nitrogens with zero attached hydrogens (tertiary/aromatic N) is 4. The van der Waals surface area contributed by atoms with Crippen molar-refractivity contribution in [3.05, 3.63) is 78.6 Å². The Kier molecular flexibility index (Phi) is 6.90. The number of hydrogen-bond acceptors (Lipinski definition) is 7.